The van der Waals surface area contributed by atoms with Gasteiger partial charge in [0.15, 0.2) is 0 Å². The summed E-state index contributed by atoms with van der Waals surface area (Å²) in [5.74, 6) is -3.81. The number of primary amides is 1. The van der Waals surface area contributed by atoms with Crippen LogP contribution in [0.25, 0.3) is 0 Å². The van der Waals surface area contributed by atoms with Gasteiger partial charge in [0.05, 0.1) is 17.7 Å². The van der Waals surface area contributed by atoms with Crippen molar-refractivity contribution < 1.29 is 36.6 Å². The lowest BCUT2D eigenvalue weighted by molar-refractivity contribution is -0.137. The number of aliphatic hydroxyl groups excluding tert-OH is 1. The molecule has 0 unspecified atom stereocenters. The van der Waals surface area contributed by atoms with Crippen molar-refractivity contribution in [3.8, 4) is 0 Å². The molecule has 0 aliphatic carbocycles. The Labute approximate surface area is 228 Å². The molecule has 3 aromatic rings. The zero-order valence-electron chi connectivity index (χ0n) is 21.7. The van der Waals surface area contributed by atoms with E-state index in [-0.39, 0.29) is 18.5 Å². The van der Waals surface area contributed by atoms with Gasteiger partial charge in [-0.25, -0.2) is 8.78 Å². The number of aliphatic hydroxyl groups is 1. The molecule has 0 saturated carbocycles. The minimum Gasteiger partial charge on any atom is -0.390 e. The highest BCUT2D eigenvalue weighted by atomic mass is 19.4. The summed E-state index contributed by atoms with van der Waals surface area (Å²) in [6.07, 6.45) is -5.64. The number of nitrogens with zero attached hydrogens (tertiary/aromatic N) is 1. The highest BCUT2D eigenvalue weighted by Gasteiger charge is 2.34. The summed E-state index contributed by atoms with van der Waals surface area (Å²) in [6.45, 7) is 1.46. The van der Waals surface area contributed by atoms with Gasteiger partial charge in [-0.3, -0.25) is 9.59 Å². The molecular formula is C29H30F5N3O3. The van der Waals surface area contributed by atoms with Crippen LogP contribution in [0.4, 0.5) is 22.0 Å². The molecule has 3 aromatic carbocycles. The third-order valence-electron chi connectivity index (χ3n) is 6.32. The minimum absolute atomic E-state index is 0.0588. The van der Waals surface area contributed by atoms with Crippen LogP contribution in [0.1, 0.15) is 39.5 Å². The quantitative estimate of drug-likeness (QED) is 0.288. The molecule has 11 heteroatoms. The first-order chi connectivity index (χ1) is 18.9. The predicted molar refractivity (Wildman–Crippen MR) is 139 cm³/mol. The molecule has 214 valence electrons. The first kappa shape index (κ1) is 30.7. The normalized spacial score (nSPS) is 13.1. The van der Waals surface area contributed by atoms with Crippen LogP contribution in [0.2, 0.25) is 0 Å². The first-order valence-electron chi connectivity index (χ1n) is 12.6. The average Bonchev–Trinajstić information content (AvgIpc) is 2.89. The average molecular weight is 564 g/mol. The Morgan fingerprint density at radius 1 is 0.950 bits per heavy atom. The van der Waals surface area contributed by atoms with Gasteiger partial charge in [0.1, 0.15) is 18.2 Å². The van der Waals surface area contributed by atoms with Crippen LogP contribution in [0, 0.1) is 11.6 Å². The highest BCUT2D eigenvalue weighted by molar-refractivity contribution is 5.96. The SMILES string of the molecule is CCc1cccc(CNC[C@@H](O)[C@H](Cc2cc(F)cc(F)c2)N(CC(N)=O)C(=O)c2cccc(C(F)(F)F)c2)c1. The van der Waals surface area contributed by atoms with Crippen molar-refractivity contribution >= 4 is 11.8 Å². The van der Waals surface area contributed by atoms with E-state index >= 15 is 0 Å². The van der Waals surface area contributed by atoms with Gasteiger partial charge in [-0.05, 0) is 59.9 Å². The zero-order valence-corrected chi connectivity index (χ0v) is 21.7. The molecule has 0 aromatic heterocycles. The predicted octanol–water partition coefficient (Wildman–Crippen LogP) is 4.24. The second kappa shape index (κ2) is 13.5. The summed E-state index contributed by atoms with van der Waals surface area (Å²) in [5.41, 5.74) is 5.96. The maximum atomic E-state index is 13.9. The maximum absolute atomic E-state index is 13.9. The smallest absolute Gasteiger partial charge is 0.390 e. The van der Waals surface area contributed by atoms with Gasteiger partial charge < -0.3 is 21.1 Å². The summed E-state index contributed by atoms with van der Waals surface area (Å²) < 4.78 is 67.8. The van der Waals surface area contributed by atoms with Crippen molar-refractivity contribution in [2.45, 2.75) is 44.6 Å². The fourth-order valence-electron chi connectivity index (χ4n) is 4.39. The summed E-state index contributed by atoms with van der Waals surface area (Å²) >= 11 is 0. The number of halogens is 5. The Morgan fingerprint density at radius 2 is 1.60 bits per heavy atom. The van der Waals surface area contributed by atoms with Crippen molar-refractivity contribution in [2.75, 3.05) is 13.1 Å². The fraction of sp³-hybridized carbons (Fsp3) is 0.310. The van der Waals surface area contributed by atoms with E-state index in [4.69, 9.17) is 5.73 Å². The van der Waals surface area contributed by atoms with Crippen LogP contribution in [0.5, 0.6) is 0 Å². The van der Waals surface area contributed by atoms with Crippen molar-refractivity contribution in [2.24, 2.45) is 5.73 Å². The third kappa shape index (κ3) is 8.59. The molecule has 2 amide bonds. The van der Waals surface area contributed by atoms with Gasteiger partial charge in [-0.15, -0.1) is 0 Å². The van der Waals surface area contributed by atoms with Crippen molar-refractivity contribution in [3.05, 3.63) is 106 Å². The van der Waals surface area contributed by atoms with Gasteiger partial charge in [-0.1, -0.05) is 37.3 Å². The first-order valence-corrected chi connectivity index (χ1v) is 12.6. The van der Waals surface area contributed by atoms with E-state index in [0.29, 0.717) is 18.7 Å². The van der Waals surface area contributed by atoms with E-state index in [1.807, 2.05) is 31.2 Å². The molecule has 0 heterocycles. The number of hydrogen-bond acceptors (Lipinski definition) is 4. The number of alkyl halides is 3. The lowest BCUT2D eigenvalue weighted by Gasteiger charge is -2.35. The molecule has 0 aliphatic rings. The molecule has 0 bridgehead atoms. The van der Waals surface area contributed by atoms with E-state index in [0.717, 1.165) is 52.8 Å². The summed E-state index contributed by atoms with van der Waals surface area (Å²) in [5, 5.41) is 14.2. The van der Waals surface area contributed by atoms with Crippen LogP contribution in [-0.4, -0.2) is 47.1 Å². The Balaban J connectivity index is 1.93. The monoisotopic (exact) mass is 563 g/mol. The van der Waals surface area contributed by atoms with E-state index in [1.165, 1.54) is 0 Å². The third-order valence-corrected chi connectivity index (χ3v) is 6.32. The highest BCUT2D eigenvalue weighted by Crippen LogP contribution is 2.30. The molecule has 6 nitrogen and oxygen atoms in total. The van der Waals surface area contributed by atoms with Crippen LogP contribution >= 0.6 is 0 Å². The molecule has 40 heavy (non-hydrogen) atoms. The molecule has 4 N–H and O–H groups in total. The van der Waals surface area contributed by atoms with Crippen LogP contribution in [-0.2, 0) is 30.4 Å². The van der Waals surface area contributed by atoms with E-state index in [1.54, 1.807) is 0 Å². The second-order valence-corrected chi connectivity index (χ2v) is 9.40. The largest absolute Gasteiger partial charge is 0.416 e. The number of carbonyl (C=O) groups is 2. The number of amides is 2. The van der Waals surface area contributed by atoms with Crippen molar-refractivity contribution in [3.63, 3.8) is 0 Å². The Kier molecular flexibility index (Phi) is 10.4. The molecule has 0 aliphatic heterocycles. The number of carbonyl (C=O) groups excluding carboxylic acids is 2. The van der Waals surface area contributed by atoms with Gasteiger partial charge >= 0.3 is 6.18 Å². The summed E-state index contributed by atoms with van der Waals surface area (Å²) in [4.78, 5) is 26.3. The Hall–Kier alpha value is -3.83. The molecule has 0 fully saturated rings. The molecule has 0 radical (unpaired) electrons. The van der Waals surface area contributed by atoms with E-state index in [2.05, 4.69) is 5.32 Å². The number of nitrogens with one attached hydrogen (secondary N) is 1. The standard InChI is InChI=1S/C29H30F5N3O3/c1-2-18-5-3-6-19(9-18)15-36-16-26(38)25(12-20-10-23(30)14-24(31)11-20)37(17-27(35)39)28(40)21-7-4-8-22(13-21)29(32,33)34/h3-11,13-14,25-26,36,38H,2,12,15-17H2,1H3,(H2,35,39)/t25-,26+/m0/s1. The lowest BCUT2D eigenvalue weighted by Crippen LogP contribution is -2.53. The number of benzene rings is 3. The number of aryl methyl sites for hydroxylation is 1. The Morgan fingerprint density at radius 3 is 2.23 bits per heavy atom. The van der Waals surface area contributed by atoms with E-state index < -0.39 is 59.4 Å². The van der Waals surface area contributed by atoms with Gasteiger partial charge in [0, 0.05) is 24.7 Å². The molecule has 3 rings (SSSR count). The molecule has 2 atom stereocenters. The molecule has 0 spiro atoms. The number of hydrogen-bond donors (Lipinski definition) is 3. The Bertz CT molecular complexity index is 1310. The maximum Gasteiger partial charge on any atom is 0.416 e. The fourth-order valence-corrected chi connectivity index (χ4v) is 4.39. The molecular weight excluding hydrogens is 533 g/mol. The minimum atomic E-state index is -4.73. The molecule has 0 saturated heterocycles. The topological polar surface area (TPSA) is 95.7 Å². The zero-order chi connectivity index (χ0) is 29.4. The van der Waals surface area contributed by atoms with Crippen LogP contribution in [0.3, 0.4) is 0 Å². The van der Waals surface area contributed by atoms with E-state index in [9.17, 15) is 36.6 Å². The summed E-state index contributed by atoms with van der Waals surface area (Å²) in [6, 6.07) is 12.7. The second-order valence-electron chi connectivity index (χ2n) is 9.40. The van der Waals surface area contributed by atoms with Gasteiger partial charge in [-0.2, -0.15) is 13.2 Å². The van der Waals surface area contributed by atoms with Crippen LogP contribution in [0.15, 0.2) is 66.7 Å². The lowest BCUT2D eigenvalue weighted by atomic mass is 9.97. The van der Waals surface area contributed by atoms with Crippen molar-refractivity contribution in [1.29, 1.82) is 0 Å². The summed E-state index contributed by atoms with van der Waals surface area (Å²) in [7, 11) is 0. The number of nitrogens with two attached hydrogens (primary N) is 1. The van der Waals surface area contributed by atoms with Gasteiger partial charge in [0.2, 0.25) is 5.91 Å². The van der Waals surface area contributed by atoms with Crippen LogP contribution < -0.4 is 11.1 Å². The van der Waals surface area contributed by atoms with Gasteiger partial charge in [0.25, 0.3) is 5.91 Å². The van der Waals surface area contributed by atoms with Crippen molar-refractivity contribution in [1.82, 2.24) is 10.2 Å². The number of rotatable bonds is 12.